The minimum Gasteiger partial charge on any atom is -0.328 e. The Labute approximate surface area is 198 Å². The maximum absolute atomic E-state index is 12.7. The van der Waals surface area contributed by atoms with E-state index >= 15 is 0 Å². The van der Waals surface area contributed by atoms with Gasteiger partial charge in [0, 0.05) is 37.1 Å². The third kappa shape index (κ3) is 5.60. The van der Waals surface area contributed by atoms with E-state index in [2.05, 4.69) is 34.3 Å². The Morgan fingerprint density at radius 1 is 0.879 bits per heavy atom. The highest BCUT2D eigenvalue weighted by Gasteiger charge is 2.39. The van der Waals surface area contributed by atoms with E-state index in [-0.39, 0.29) is 0 Å². The second-order valence-corrected chi connectivity index (χ2v) is 11.7. The van der Waals surface area contributed by atoms with Crippen LogP contribution in [0.15, 0.2) is 48.5 Å². The van der Waals surface area contributed by atoms with Crippen LogP contribution in [0, 0.1) is 0 Å². The van der Waals surface area contributed by atoms with E-state index in [1.54, 1.807) is 4.31 Å². The van der Waals surface area contributed by atoms with Gasteiger partial charge in [-0.05, 0) is 73.8 Å². The highest BCUT2D eigenvalue weighted by molar-refractivity contribution is 7.90. The first kappa shape index (κ1) is 22.8. The van der Waals surface area contributed by atoms with E-state index in [1.807, 2.05) is 24.3 Å². The highest BCUT2D eigenvalue weighted by atomic mass is 32.2. The predicted octanol–water partition coefficient (Wildman–Crippen LogP) is 4.21. The fourth-order valence-corrected chi connectivity index (χ4v) is 6.63. The van der Waals surface area contributed by atoms with Crippen molar-refractivity contribution in [2.45, 2.75) is 75.4 Å². The summed E-state index contributed by atoms with van der Waals surface area (Å²) in [4.78, 5) is 0. The van der Waals surface area contributed by atoms with E-state index in [0.717, 1.165) is 43.2 Å². The molecule has 6 nitrogen and oxygen atoms in total. The first-order valence-electron chi connectivity index (χ1n) is 12.5. The molecule has 1 aliphatic heterocycles. The lowest BCUT2D eigenvalue weighted by atomic mass is 9.92. The smallest absolute Gasteiger partial charge is 0.301 e. The van der Waals surface area contributed by atoms with Gasteiger partial charge in [0.25, 0.3) is 0 Å². The summed E-state index contributed by atoms with van der Waals surface area (Å²) in [6.07, 6.45) is 8.83. The van der Waals surface area contributed by atoms with Gasteiger partial charge in [0.15, 0.2) is 0 Å². The molecule has 0 unspecified atom stereocenters. The summed E-state index contributed by atoms with van der Waals surface area (Å²) in [6.45, 7) is 1.20. The van der Waals surface area contributed by atoms with Crippen LogP contribution >= 0.6 is 0 Å². The Hall–Kier alpha value is -1.93. The van der Waals surface area contributed by atoms with E-state index in [0.29, 0.717) is 42.8 Å². The molecule has 2 aromatic rings. The second-order valence-electron chi connectivity index (χ2n) is 10.00. The third-order valence-corrected chi connectivity index (χ3v) is 8.99. The Morgan fingerprint density at radius 3 is 2.33 bits per heavy atom. The lowest BCUT2D eigenvalue weighted by molar-refractivity contribution is 0.339. The minimum atomic E-state index is -3.50. The average molecular weight is 469 g/mol. The number of piperidine rings is 1. The van der Waals surface area contributed by atoms with Crippen LogP contribution in [0.4, 0.5) is 5.69 Å². The molecule has 2 aromatic carbocycles. The molecule has 2 saturated carbocycles. The molecule has 178 valence electrons. The van der Waals surface area contributed by atoms with Crippen LogP contribution in [-0.2, 0) is 10.2 Å². The quantitative estimate of drug-likeness (QED) is 0.568. The predicted molar refractivity (Wildman–Crippen MR) is 134 cm³/mol. The normalized spacial score (nSPS) is 28.4. The van der Waals surface area contributed by atoms with E-state index in [4.69, 9.17) is 5.73 Å². The number of nitrogens with two attached hydrogens (primary N) is 1. The first-order valence-corrected chi connectivity index (χ1v) is 13.9. The van der Waals surface area contributed by atoms with E-state index in [9.17, 15) is 8.42 Å². The first-order chi connectivity index (χ1) is 16.0. The van der Waals surface area contributed by atoms with Gasteiger partial charge < -0.3 is 11.1 Å². The van der Waals surface area contributed by atoms with Crippen LogP contribution < -0.4 is 15.8 Å². The molecular formula is C26H36N4O2S. The maximum atomic E-state index is 12.7. The molecule has 3 fully saturated rings. The fraction of sp³-hybridized carbons (Fsp3) is 0.538. The van der Waals surface area contributed by atoms with Crippen molar-refractivity contribution < 1.29 is 8.42 Å². The molecule has 5 rings (SSSR count). The van der Waals surface area contributed by atoms with Crippen LogP contribution in [0.2, 0.25) is 0 Å². The highest BCUT2D eigenvalue weighted by Crippen LogP contribution is 2.42. The standard InChI is InChI=1S/C26H36N4O2S/c27-22-11-13-23(14-12-22)28-26-18-25(26)20-9-7-19(8-10-20)21-5-4-6-24(17-21)29-33(31,32)30-15-2-1-3-16-30/h4-10,17,22-23,25-26,28-29H,1-3,11-16,18,27H2/t22?,23?,25-,26+/m0/s1. The molecule has 0 bridgehead atoms. The lowest BCUT2D eigenvalue weighted by Crippen LogP contribution is -2.39. The molecule has 1 saturated heterocycles. The molecule has 33 heavy (non-hydrogen) atoms. The topological polar surface area (TPSA) is 87.5 Å². The number of anilines is 1. The molecule has 2 aliphatic carbocycles. The summed E-state index contributed by atoms with van der Waals surface area (Å²) in [6, 6.07) is 18.0. The zero-order valence-electron chi connectivity index (χ0n) is 19.2. The summed E-state index contributed by atoms with van der Waals surface area (Å²) in [5.74, 6) is 0.595. The van der Waals surface area contributed by atoms with E-state index in [1.165, 1.54) is 24.8 Å². The number of hydrogen-bond donors (Lipinski definition) is 3. The molecule has 4 N–H and O–H groups in total. The molecule has 1 heterocycles. The van der Waals surface area contributed by atoms with Gasteiger partial charge in [-0.3, -0.25) is 4.72 Å². The number of rotatable bonds is 7. The van der Waals surface area contributed by atoms with Gasteiger partial charge in [-0.15, -0.1) is 0 Å². The van der Waals surface area contributed by atoms with Gasteiger partial charge in [0.2, 0.25) is 0 Å². The Bertz CT molecular complexity index is 1040. The van der Waals surface area contributed by atoms with Crippen LogP contribution in [0.5, 0.6) is 0 Å². The van der Waals surface area contributed by atoms with Gasteiger partial charge in [0.1, 0.15) is 0 Å². The van der Waals surface area contributed by atoms with Gasteiger partial charge in [0.05, 0.1) is 5.69 Å². The van der Waals surface area contributed by atoms with Crippen molar-refractivity contribution >= 4 is 15.9 Å². The van der Waals surface area contributed by atoms with Crippen molar-refractivity contribution in [3.63, 3.8) is 0 Å². The van der Waals surface area contributed by atoms with Gasteiger partial charge in [-0.1, -0.05) is 42.8 Å². The largest absolute Gasteiger partial charge is 0.328 e. The molecule has 0 radical (unpaired) electrons. The second kappa shape index (κ2) is 9.74. The number of hydrogen-bond acceptors (Lipinski definition) is 4. The van der Waals surface area contributed by atoms with Crippen molar-refractivity contribution in [3.05, 3.63) is 54.1 Å². The summed E-state index contributed by atoms with van der Waals surface area (Å²) in [5.41, 5.74) is 10.1. The third-order valence-electron chi connectivity index (χ3n) is 7.45. The van der Waals surface area contributed by atoms with Crippen LogP contribution in [0.25, 0.3) is 11.1 Å². The lowest BCUT2D eigenvalue weighted by Gasteiger charge is -2.27. The van der Waals surface area contributed by atoms with Crippen LogP contribution in [0.1, 0.15) is 62.8 Å². The molecule has 0 amide bonds. The van der Waals surface area contributed by atoms with Gasteiger partial charge >= 0.3 is 10.2 Å². The van der Waals surface area contributed by atoms with Crippen molar-refractivity contribution in [2.75, 3.05) is 17.8 Å². The molecule has 2 atom stereocenters. The number of nitrogens with zero attached hydrogens (tertiary/aromatic N) is 1. The fourth-order valence-electron chi connectivity index (χ4n) is 5.34. The minimum absolute atomic E-state index is 0.393. The Morgan fingerprint density at radius 2 is 1.61 bits per heavy atom. The molecule has 3 aliphatic rings. The van der Waals surface area contributed by atoms with Gasteiger partial charge in [-0.2, -0.15) is 12.7 Å². The number of nitrogens with one attached hydrogen (secondary N) is 2. The van der Waals surface area contributed by atoms with Crippen molar-refractivity contribution in [1.29, 1.82) is 0 Å². The van der Waals surface area contributed by atoms with Crippen LogP contribution in [-0.4, -0.2) is 43.9 Å². The van der Waals surface area contributed by atoms with Crippen molar-refractivity contribution in [1.82, 2.24) is 9.62 Å². The summed E-state index contributed by atoms with van der Waals surface area (Å²) >= 11 is 0. The number of benzene rings is 2. The van der Waals surface area contributed by atoms with E-state index < -0.39 is 10.2 Å². The zero-order chi connectivity index (χ0) is 22.8. The Kier molecular flexibility index (Phi) is 6.74. The summed E-state index contributed by atoms with van der Waals surface area (Å²) in [5, 5.41) is 3.84. The average Bonchev–Trinajstić information content (AvgIpc) is 3.60. The molecule has 0 spiro atoms. The van der Waals surface area contributed by atoms with Crippen LogP contribution in [0.3, 0.4) is 0 Å². The van der Waals surface area contributed by atoms with Crippen molar-refractivity contribution in [3.8, 4) is 11.1 Å². The molecule has 0 aromatic heterocycles. The Balaban J connectivity index is 1.20. The molecule has 7 heteroatoms. The van der Waals surface area contributed by atoms with Gasteiger partial charge in [-0.25, -0.2) is 0 Å². The molecular weight excluding hydrogens is 432 g/mol. The SMILES string of the molecule is NC1CCC(N[C@@H]2C[C@H]2c2ccc(-c3cccc(NS(=O)(=O)N4CCCCC4)c3)cc2)CC1. The van der Waals surface area contributed by atoms with Crippen molar-refractivity contribution in [2.24, 2.45) is 5.73 Å². The monoisotopic (exact) mass is 468 g/mol. The summed E-state index contributed by atoms with van der Waals surface area (Å²) in [7, 11) is -3.50. The summed E-state index contributed by atoms with van der Waals surface area (Å²) < 4.78 is 29.8. The maximum Gasteiger partial charge on any atom is 0.301 e. The zero-order valence-corrected chi connectivity index (χ0v) is 20.1.